The molecule has 1 N–H and O–H groups in total. The highest BCUT2D eigenvalue weighted by Gasteiger charge is 2.36. The molecule has 0 amide bonds. The molecule has 0 heterocycles. The number of nitrogens with one attached hydrogen (secondary N) is 1. The first-order chi connectivity index (χ1) is 7.43. The second-order valence-electron chi connectivity index (χ2n) is 7.72. The summed E-state index contributed by atoms with van der Waals surface area (Å²) in [5.41, 5.74) is 2.03. The van der Waals surface area contributed by atoms with E-state index in [9.17, 15) is 0 Å². The second-order valence-corrected chi connectivity index (χ2v) is 11.8. The average Bonchev–Trinajstić information content (AvgIpc) is 2.44. The predicted octanol–water partition coefficient (Wildman–Crippen LogP) is 4.42. The van der Waals surface area contributed by atoms with Crippen molar-refractivity contribution in [3.63, 3.8) is 0 Å². The van der Waals surface area contributed by atoms with Crippen LogP contribution in [0.4, 0.5) is 0 Å². The van der Waals surface area contributed by atoms with Crippen LogP contribution >= 0.6 is 0 Å². The van der Waals surface area contributed by atoms with Gasteiger partial charge in [0.2, 0.25) is 0 Å². The van der Waals surface area contributed by atoms with Gasteiger partial charge in [0.15, 0.2) is 8.24 Å². The summed E-state index contributed by atoms with van der Waals surface area (Å²) < 4.78 is 0. The first-order valence-corrected chi connectivity index (χ1v) is 9.64. The zero-order valence-electron chi connectivity index (χ0n) is 12.9. The van der Waals surface area contributed by atoms with Crippen LogP contribution in [0, 0.1) is 5.41 Å². The normalized spacial score (nSPS) is 18.1. The molecule has 0 radical (unpaired) electrons. The van der Waals surface area contributed by atoms with Crippen LogP contribution in [0.2, 0.25) is 13.1 Å². The molecule has 2 heteroatoms. The van der Waals surface area contributed by atoms with Gasteiger partial charge in [-0.05, 0) is 43.4 Å². The van der Waals surface area contributed by atoms with Crippen molar-refractivity contribution < 1.29 is 0 Å². The lowest BCUT2D eigenvalue weighted by atomic mass is 9.87. The monoisotopic (exact) mass is 251 g/mol. The lowest BCUT2D eigenvalue weighted by Crippen LogP contribution is -2.56. The number of hydrogen-bond acceptors (Lipinski definition) is 1. The summed E-state index contributed by atoms with van der Waals surface area (Å²) in [6, 6.07) is 0. The van der Waals surface area contributed by atoms with Crippen LogP contribution in [-0.2, 0) is 0 Å². The molecule has 0 saturated heterocycles. The van der Waals surface area contributed by atoms with E-state index in [1.807, 2.05) is 0 Å². The average molecular weight is 251 g/mol. The van der Waals surface area contributed by atoms with E-state index < -0.39 is 8.24 Å². The van der Waals surface area contributed by atoms with E-state index in [4.69, 9.17) is 0 Å². The van der Waals surface area contributed by atoms with Crippen LogP contribution in [0.3, 0.4) is 0 Å². The molecule has 0 aromatic carbocycles. The third-order valence-corrected chi connectivity index (χ3v) is 6.30. The lowest BCUT2D eigenvalue weighted by Gasteiger charge is -2.38. The Labute approximate surface area is 108 Å². The van der Waals surface area contributed by atoms with Gasteiger partial charge in [-0.3, -0.25) is 0 Å². The van der Waals surface area contributed by atoms with Gasteiger partial charge in [0.25, 0.3) is 0 Å². The fraction of sp³-hybridized carbons (Fsp3) is 0.733. The van der Waals surface area contributed by atoms with Crippen molar-refractivity contribution in [2.24, 2.45) is 5.41 Å². The molecule has 0 spiro atoms. The summed E-state index contributed by atoms with van der Waals surface area (Å²) in [5, 5.41) is 1.61. The van der Waals surface area contributed by atoms with Gasteiger partial charge < -0.3 is 4.98 Å². The fourth-order valence-corrected chi connectivity index (χ4v) is 6.61. The molecule has 0 bridgehead atoms. The molecule has 98 valence electrons. The maximum absolute atomic E-state index is 3.87. The summed E-state index contributed by atoms with van der Waals surface area (Å²) in [6.07, 6.45) is 5.96. The highest BCUT2D eigenvalue weighted by atomic mass is 28.3. The van der Waals surface area contributed by atoms with E-state index in [1.54, 1.807) is 10.8 Å². The summed E-state index contributed by atoms with van der Waals surface area (Å²) >= 11 is 0. The Balaban J connectivity index is 2.98. The van der Waals surface area contributed by atoms with Crippen LogP contribution in [0.25, 0.3) is 0 Å². The van der Waals surface area contributed by atoms with Crippen molar-refractivity contribution in [1.82, 2.24) is 4.98 Å². The summed E-state index contributed by atoms with van der Waals surface area (Å²) in [5.74, 6) is 0. The fourth-order valence-electron chi connectivity index (χ4n) is 2.82. The molecule has 0 aromatic rings. The van der Waals surface area contributed by atoms with Gasteiger partial charge in [0.05, 0.1) is 0 Å². The molecule has 1 nitrogen and oxygen atoms in total. The Morgan fingerprint density at radius 1 is 1.00 bits per heavy atom. The number of allylic oxidation sites excluding steroid dienone is 4. The summed E-state index contributed by atoms with van der Waals surface area (Å²) in [4.78, 5) is 3.87. The van der Waals surface area contributed by atoms with Gasteiger partial charge in [-0.15, -0.1) is 0 Å². The molecule has 0 atom stereocenters. The van der Waals surface area contributed by atoms with E-state index in [1.165, 1.54) is 0 Å². The van der Waals surface area contributed by atoms with Gasteiger partial charge in [-0.2, -0.15) is 0 Å². The maximum atomic E-state index is 3.87. The first-order valence-electron chi connectivity index (χ1n) is 6.64. The molecular weight excluding hydrogens is 222 g/mol. The number of hydrogen-bond donors (Lipinski definition) is 1. The Bertz CT molecular complexity index is 348. The highest BCUT2D eigenvalue weighted by molar-refractivity contribution is 6.83. The lowest BCUT2D eigenvalue weighted by molar-refractivity contribution is 0.502. The zero-order valence-corrected chi connectivity index (χ0v) is 13.9. The van der Waals surface area contributed by atoms with Crippen LogP contribution in [-0.4, -0.2) is 13.8 Å². The molecule has 1 aliphatic rings. The van der Waals surface area contributed by atoms with Crippen molar-refractivity contribution in [1.29, 1.82) is 0 Å². The Morgan fingerprint density at radius 2 is 1.53 bits per heavy atom. The predicted molar refractivity (Wildman–Crippen MR) is 80.6 cm³/mol. The molecule has 0 aromatic heterocycles. The Hall–Kier alpha value is -0.343. The van der Waals surface area contributed by atoms with Crippen molar-refractivity contribution in [3.8, 4) is 0 Å². The standard InChI is InChI=1S/C15H29NSi/c1-14(2,3)12-10-9-11-13(12)17(7,8)16-15(4,5)6/h10-11,16H,9H2,1-8H3. The quantitative estimate of drug-likeness (QED) is 0.716. The SMILES string of the molecule is CC(C)(C)N[Si](C)(C)C1=CCC=C1C(C)(C)C. The zero-order chi connectivity index (χ0) is 13.5. The molecule has 1 aliphatic carbocycles. The Morgan fingerprint density at radius 3 is 1.94 bits per heavy atom. The third kappa shape index (κ3) is 3.82. The van der Waals surface area contributed by atoms with Crippen LogP contribution in [0.1, 0.15) is 48.0 Å². The molecular formula is C15H29NSi. The third-order valence-electron chi connectivity index (χ3n) is 3.10. The Kier molecular flexibility index (Phi) is 3.81. The summed E-state index contributed by atoms with van der Waals surface area (Å²) in [7, 11) is -1.54. The van der Waals surface area contributed by atoms with E-state index in [2.05, 4.69) is 71.8 Å². The minimum absolute atomic E-state index is 0.197. The number of rotatable bonds is 2. The second kappa shape index (κ2) is 4.40. The van der Waals surface area contributed by atoms with Gasteiger partial charge in [-0.25, -0.2) is 0 Å². The van der Waals surface area contributed by atoms with Gasteiger partial charge in [0, 0.05) is 5.54 Å². The minimum Gasteiger partial charge on any atom is -0.329 e. The van der Waals surface area contributed by atoms with Crippen molar-refractivity contribution in [3.05, 3.63) is 22.9 Å². The topological polar surface area (TPSA) is 12.0 Å². The van der Waals surface area contributed by atoms with E-state index in [0.717, 1.165) is 6.42 Å². The largest absolute Gasteiger partial charge is 0.329 e. The molecule has 0 saturated carbocycles. The van der Waals surface area contributed by atoms with E-state index in [0.29, 0.717) is 0 Å². The molecule has 0 fully saturated rings. The van der Waals surface area contributed by atoms with Gasteiger partial charge in [0.1, 0.15) is 0 Å². The molecule has 0 unspecified atom stereocenters. The van der Waals surface area contributed by atoms with Gasteiger partial charge >= 0.3 is 0 Å². The smallest absolute Gasteiger partial charge is 0.151 e. The highest BCUT2D eigenvalue weighted by Crippen LogP contribution is 2.39. The van der Waals surface area contributed by atoms with Crippen molar-refractivity contribution in [2.45, 2.75) is 66.6 Å². The van der Waals surface area contributed by atoms with E-state index >= 15 is 0 Å². The molecule has 17 heavy (non-hydrogen) atoms. The van der Waals surface area contributed by atoms with Crippen LogP contribution < -0.4 is 4.98 Å². The maximum Gasteiger partial charge on any atom is 0.151 e. The van der Waals surface area contributed by atoms with Crippen molar-refractivity contribution >= 4 is 8.24 Å². The van der Waals surface area contributed by atoms with Crippen LogP contribution in [0.15, 0.2) is 22.9 Å². The van der Waals surface area contributed by atoms with Gasteiger partial charge in [-0.1, -0.05) is 46.0 Å². The van der Waals surface area contributed by atoms with Crippen molar-refractivity contribution in [2.75, 3.05) is 0 Å². The molecule has 0 aliphatic heterocycles. The first kappa shape index (κ1) is 14.7. The molecule has 1 rings (SSSR count). The van der Waals surface area contributed by atoms with Crippen LogP contribution in [0.5, 0.6) is 0 Å². The minimum atomic E-state index is -1.54. The summed E-state index contributed by atoms with van der Waals surface area (Å²) in [6.45, 7) is 18.6. The van der Waals surface area contributed by atoms with E-state index in [-0.39, 0.29) is 11.0 Å².